The highest BCUT2D eigenvalue weighted by Crippen LogP contribution is 2.13. The van der Waals surface area contributed by atoms with Crippen molar-refractivity contribution in [3.63, 3.8) is 0 Å². The lowest BCUT2D eigenvalue weighted by molar-refractivity contribution is 0.282. The van der Waals surface area contributed by atoms with Crippen LogP contribution in [-0.4, -0.2) is 23.4 Å². The molecule has 2 N–H and O–H groups in total. The highest BCUT2D eigenvalue weighted by atomic mass is 32.1. The highest BCUT2D eigenvalue weighted by Gasteiger charge is 2.10. The smallest absolute Gasteiger partial charge is 0.00623 e. The monoisotopic (exact) mass is 145 g/mol. The van der Waals surface area contributed by atoms with Crippen molar-refractivity contribution in [1.82, 2.24) is 4.31 Å². The van der Waals surface area contributed by atoms with E-state index in [0.717, 1.165) is 13.1 Å². The molecular weight excluding hydrogens is 132 g/mol. The Labute approximate surface area is 61.9 Å². The van der Waals surface area contributed by atoms with Crippen LogP contribution in [0.15, 0.2) is 0 Å². The predicted molar refractivity (Wildman–Crippen MR) is 40.8 cm³/mol. The molecule has 0 unspecified atom stereocenters. The summed E-state index contributed by atoms with van der Waals surface area (Å²) in [4.78, 5) is 0. The van der Waals surface area contributed by atoms with Crippen LogP contribution in [0.1, 0.15) is 19.3 Å². The normalized spacial score (nSPS) is 30.7. The number of nitrogens with two attached hydrogens (primary N) is 1. The van der Waals surface area contributed by atoms with Crippen molar-refractivity contribution in [2.75, 3.05) is 13.1 Å². The molecule has 1 atom stereocenters. The number of rotatable bonds is 1. The molecule has 1 heterocycles. The van der Waals surface area contributed by atoms with E-state index in [2.05, 4.69) is 0 Å². The molecule has 0 aromatic heterocycles. The maximum atomic E-state index is 5.49. The Morgan fingerprint density at radius 1 is 1.56 bits per heavy atom. The van der Waals surface area contributed by atoms with E-state index in [9.17, 15) is 0 Å². The molecule has 0 aromatic rings. The van der Waals surface area contributed by atoms with Gasteiger partial charge in [-0.1, -0.05) is 6.42 Å². The Kier molecular flexibility index (Phi) is 2.82. The maximum Gasteiger partial charge on any atom is 0.00623 e. The van der Waals surface area contributed by atoms with Crippen molar-refractivity contribution in [3.05, 3.63) is 0 Å². The van der Waals surface area contributed by atoms with E-state index in [1.54, 1.807) is 0 Å². The SMILES string of the molecule is NC[C@H]1CCCCN1[S-]. The Bertz CT molecular complexity index is 87.1. The fourth-order valence-corrected chi connectivity index (χ4v) is 1.53. The summed E-state index contributed by atoms with van der Waals surface area (Å²) in [6.07, 6.45) is 3.75. The fraction of sp³-hybridized carbons (Fsp3) is 1.00. The molecule has 0 aliphatic carbocycles. The van der Waals surface area contributed by atoms with Gasteiger partial charge in [-0.3, -0.25) is 0 Å². The molecule has 9 heavy (non-hydrogen) atoms. The summed E-state index contributed by atoms with van der Waals surface area (Å²) >= 11 is 5.06. The molecule has 2 nitrogen and oxygen atoms in total. The van der Waals surface area contributed by atoms with E-state index >= 15 is 0 Å². The predicted octanol–water partition coefficient (Wildman–Crippen LogP) is 0.261. The standard InChI is InChI=1S/C6H13N2S/c7-5-6-3-1-2-4-8(6)9/h6H,1-5,7H2/q-1/t6-/m1/s1. The van der Waals surface area contributed by atoms with Gasteiger partial charge in [-0.25, -0.2) is 0 Å². The molecule has 1 rings (SSSR count). The van der Waals surface area contributed by atoms with Gasteiger partial charge in [-0.2, -0.15) is 0 Å². The lowest BCUT2D eigenvalue weighted by Crippen LogP contribution is -2.40. The number of piperidine rings is 1. The van der Waals surface area contributed by atoms with E-state index in [4.69, 9.17) is 18.5 Å². The Hall–Kier alpha value is 0.270. The van der Waals surface area contributed by atoms with Crippen LogP contribution in [0, 0.1) is 0 Å². The second-order valence-electron chi connectivity index (χ2n) is 2.53. The molecule has 54 valence electrons. The van der Waals surface area contributed by atoms with Gasteiger partial charge in [0.15, 0.2) is 0 Å². The summed E-state index contributed by atoms with van der Waals surface area (Å²) in [5, 5.41) is 0. The summed E-state index contributed by atoms with van der Waals surface area (Å²) < 4.78 is 1.95. The molecule has 1 aliphatic heterocycles. The Morgan fingerprint density at radius 2 is 2.33 bits per heavy atom. The van der Waals surface area contributed by atoms with Crippen LogP contribution >= 0.6 is 0 Å². The minimum Gasteiger partial charge on any atom is -0.701 e. The molecule has 1 fully saturated rings. The van der Waals surface area contributed by atoms with Crippen molar-refractivity contribution in [2.24, 2.45) is 5.73 Å². The summed E-state index contributed by atoms with van der Waals surface area (Å²) in [6, 6.07) is 0.480. The van der Waals surface area contributed by atoms with Crippen molar-refractivity contribution < 1.29 is 0 Å². The van der Waals surface area contributed by atoms with E-state index in [1.807, 2.05) is 4.31 Å². The molecule has 1 aliphatic rings. The van der Waals surface area contributed by atoms with Crippen LogP contribution < -0.4 is 5.73 Å². The molecular formula is C6H13N2S-. The van der Waals surface area contributed by atoms with Gasteiger partial charge in [0.25, 0.3) is 0 Å². The quantitative estimate of drug-likeness (QED) is 0.537. The molecule has 0 aromatic carbocycles. The van der Waals surface area contributed by atoms with Gasteiger partial charge in [-0.15, -0.1) is 0 Å². The summed E-state index contributed by atoms with van der Waals surface area (Å²) in [5.74, 6) is 0. The summed E-state index contributed by atoms with van der Waals surface area (Å²) in [7, 11) is 0. The Balaban J connectivity index is 2.30. The first-order valence-electron chi connectivity index (χ1n) is 3.48. The highest BCUT2D eigenvalue weighted by molar-refractivity contribution is 7.55. The van der Waals surface area contributed by atoms with Gasteiger partial charge < -0.3 is 22.9 Å². The zero-order valence-corrected chi connectivity index (χ0v) is 6.36. The lowest BCUT2D eigenvalue weighted by atomic mass is 10.1. The molecule has 1 saturated heterocycles. The Morgan fingerprint density at radius 3 is 2.78 bits per heavy atom. The molecule has 3 heteroatoms. The lowest BCUT2D eigenvalue weighted by Gasteiger charge is -2.41. The number of hydrogen-bond donors (Lipinski definition) is 1. The number of hydrogen-bond acceptors (Lipinski definition) is 3. The zero-order chi connectivity index (χ0) is 6.69. The van der Waals surface area contributed by atoms with Gasteiger partial charge in [0, 0.05) is 12.6 Å². The van der Waals surface area contributed by atoms with Gasteiger partial charge in [0.2, 0.25) is 0 Å². The second-order valence-corrected chi connectivity index (χ2v) is 3.00. The molecule has 0 spiro atoms. The molecule has 0 amide bonds. The molecule has 0 saturated carbocycles. The zero-order valence-electron chi connectivity index (χ0n) is 5.55. The first-order valence-corrected chi connectivity index (χ1v) is 3.85. The third kappa shape index (κ3) is 1.85. The summed E-state index contributed by atoms with van der Waals surface area (Å²) in [6.45, 7) is 1.78. The van der Waals surface area contributed by atoms with Gasteiger partial charge >= 0.3 is 0 Å². The van der Waals surface area contributed by atoms with Crippen molar-refractivity contribution in [2.45, 2.75) is 25.3 Å². The van der Waals surface area contributed by atoms with E-state index in [-0.39, 0.29) is 0 Å². The number of nitrogens with zero attached hydrogens (tertiary/aromatic N) is 1. The first-order chi connectivity index (χ1) is 4.34. The average Bonchev–Trinajstić information content (AvgIpc) is 1.89. The average molecular weight is 145 g/mol. The van der Waals surface area contributed by atoms with Crippen LogP contribution in [0.25, 0.3) is 0 Å². The van der Waals surface area contributed by atoms with Gasteiger partial charge in [-0.05, 0) is 19.4 Å². The molecule has 0 radical (unpaired) electrons. The van der Waals surface area contributed by atoms with Crippen LogP contribution in [0.3, 0.4) is 0 Å². The van der Waals surface area contributed by atoms with Crippen LogP contribution in [0.2, 0.25) is 0 Å². The van der Waals surface area contributed by atoms with Gasteiger partial charge in [0.1, 0.15) is 0 Å². The van der Waals surface area contributed by atoms with Crippen molar-refractivity contribution >= 4 is 12.8 Å². The summed E-state index contributed by atoms with van der Waals surface area (Å²) in [5.41, 5.74) is 5.49. The van der Waals surface area contributed by atoms with Crippen LogP contribution in [-0.2, 0) is 12.8 Å². The minimum atomic E-state index is 0.480. The third-order valence-corrected chi connectivity index (χ3v) is 2.33. The van der Waals surface area contributed by atoms with Crippen molar-refractivity contribution in [1.29, 1.82) is 0 Å². The van der Waals surface area contributed by atoms with E-state index < -0.39 is 0 Å². The van der Waals surface area contributed by atoms with Crippen LogP contribution in [0.4, 0.5) is 0 Å². The topological polar surface area (TPSA) is 29.3 Å². The largest absolute Gasteiger partial charge is 0.701 e. The third-order valence-electron chi connectivity index (χ3n) is 1.85. The van der Waals surface area contributed by atoms with Crippen LogP contribution in [0.5, 0.6) is 0 Å². The van der Waals surface area contributed by atoms with Gasteiger partial charge in [0.05, 0.1) is 0 Å². The van der Waals surface area contributed by atoms with Crippen molar-refractivity contribution in [3.8, 4) is 0 Å². The first kappa shape index (κ1) is 7.38. The van der Waals surface area contributed by atoms with E-state index in [0.29, 0.717) is 6.04 Å². The maximum absolute atomic E-state index is 5.49. The van der Waals surface area contributed by atoms with E-state index in [1.165, 1.54) is 19.3 Å². The molecule has 0 bridgehead atoms. The fourth-order valence-electron chi connectivity index (χ4n) is 1.21. The minimum absolute atomic E-state index is 0.480. The second kappa shape index (κ2) is 3.44.